The normalized spacial score (nSPS) is 13.1. The van der Waals surface area contributed by atoms with E-state index in [0.717, 1.165) is 25.0 Å². The number of unbranched alkanes of at least 4 members (excludes halogenated alkanes) is 7. The third kappa shape index (κ3) is 8.93. The first-order valence-electron chi connectivity index (χ1n) is 16.3. The molecule has 1 atom stereocenters. The van der Waals surface area contributed by atoms with Gasteiger partial charge in [0, 0.05) is 23.4 Å². The van der Waals surface area contributed by atoms with Crippen molar-refractivity contribution in [3.05, 3.63) is 40.8 Å². The van der Waals surface area contributed by atoms with E-state index in [0.29, 0.717) is 34.4 Å². The molecule has 0 aliphatic carbocycles. The van der Waals surface area contributed by atoms with Crippen LogP contribution in [0.1, 0.15) is 125 Å². The van der Waals surface area contributed by atoms with Crippen molar-refractivity contribution in [2.45, 2.75) is 136 Å². The topological polar surface area (TPSA) is 125 Å². The number of nitrogens with zero attached hydrogens (tertiary/aromatic N) is 3. The second-order valence-corrected chi connectivity index (χ2v) is 14.4. The van der Waals surface area contributed by atoms with Crippen LogP contribution in [0.4, 0.5) is 10.5 Å². The highest BCUT2D eigenvalue weighted by molar-refractivity contribution is 6.34. The Kier molecular flexibility index (Phi) is 12.3. The van der Waals surface area contributed by atoms with Gasteiger partial charge in [-0.1, -0.05) is 110 Å². The van der Waals surface area contributed by atoms with E-state index in [2.05, 4.69) is 58.9 Å². The molecule has 3 amide bonds. The fourth-order valence-corrected chi connectivity index (χ4v) is 5.70. The molecule has 0 aliphatic heterocycles. The summed E-state index contributed by atoms with van der Waals surface area (Å²) in [6.45, 7) is 16.5. The molecule has 250 valence electrons. The summed E-state index contributed by atoms with van der Waals surface area (Å²) >= 11 is 6.71. The quantitative estimate of drug-likeness (QED) is 0.118. The first-order valence-corrected chi connectivity index (χ1v) is 16.7. The van der Waals surface area contributed by atoms with Crippen molar-refractivity contribution < 1.29 is 14.3 Å². The molecule has 11 heteroatoms. The molecule has 3 aromatic rings. The van der Waals surface area contributed by atoms with E-state index in [1.54, 1.807) is 19.2 Å². The van der Waals surface area contributed by atoms with Gasteiger partial charge in [-0.3, -0.25) is 9.89 Å². The number of benzene rings is 1. The number of urea groups is 1. The Morgan fingerprint density at radius 2 is 1.58 bits per heavy atom. The number of rotatable bonds is 16. The van der Waals surface area contributed by atoms with Crippen LogP contribution in [0.15, 0.2) is 24.3 Å². The molecule has 2 aromatic heterocycles. The van der Waals surface area contributed by atoms with Gasteiger partial charge in [0.2, 0.25) is 0 Å². The zero-order chi connectivity index (χ0) is 33.4. The number of hydrogen-bond donors (Lipinski definition) is 4. The average Bonchev–Trinajstić information content (AvgIpc) is 3.54. The van der Waals surface area contributed by atoms with E-state index in [4.69, 9.17) is 16.3 Å². The minimum Gasteiger partial charge on any atom is -0.478 e. The predicted octanol–water partition coefficient (Wildman–Crippen LogP) is 7.91. The van der Waals surface area contributed by atoms with Crippen LogP contribution in [-0.4, -0.2) is 50.4 Å². The summed E-state index contributed by atoms with van der Waals surface area (Å²) in [6.07, 6.45) is 9.01. The first-order chi connectivity index (χ1) is 21.1. The molecule has 1 aromatic carbocycles. The lowest BCUT2D eigenvalue weighted by molar-refractivity contribution is -0.130. The highest BCUT2D eigenvalue weighted by Gasteiger charge is 2.45. The molecule has 0 saturated heterocycles. The van der Waals surface area contributed by atoms with Crippen LogP contribution < -0.4 is 20.7 Å². The van der Waals surface area contributed by atoms with Gasteiger partial charge in [-0.05, 0) is 38.8 Å². The Morgan fingerprint density at radius 3 is 2.20 bits per heavy atom. The number of para-hydroxylation sites is 2. The molecular weight excluding hydrogens is 590 g/mol. The maximum atomic E-state index is 14.1. The van der Waals surface area contributed by atoms with Crippen molar-refractivity contribution >= 4 is 34.9 Å². The van der Waals surface area contributed by atoms with E-state index >= 15 is 0 Å². The van der Waals surface area contributed by atoms with E-state index in [9.17, 15) is 9.59 Å². The molecule has 0 aliphatic rings. The van der Waals surface area contributed by atoms with Gasteiger partial charge < -0.3 is 20.7 Å². The summed E-state index contributed by atoms with van der Waals surface area (Å²) in [5, 5.41) is 21.5. The molecule has 4 N–H and O–H groups in total. The number of H-pyrrole nitrogens is 1. The Bertz CT molecular complexity index is 1420. The van der Waals surface area contributed by atoms with Crippen LogP contribution in [0.5, 0.6) is 5.75 Å². The number of ether oxygens (including phenoxy) is 1. The van der Waals surface area contributed by atoms with Crippen molar-refractivity contribution in [3.8, 4) is 5.75 Å². The Hall–Kier alpha value is -3.27. The summed E-state index contributed by atoms with van der Waals surface area (Å²) in [7, 11) is 1.55. The van der Waals surface area contributed by atoms with E-state index in [1.807, 2.05) is 44.3 Å². The largest absolute Gasteiger partial charge is 0.478 e. The number of hydrogen-bond acceptors (Lipinski definition) is 5. The van der Waals surface area contributed by atoms with Gasteiger partial charge in [0.05, 0.1) is 11.4 Å². The van der Waals surface area contributed by atoms with Crippen molar-refractivity contribution in [3.63, 3.8) is 0 Å². The van der Waals surface area contributed by atoms with Gasteiger partial charge >= 0.3 is 6.03 Å². The highest BCUT2D eigenvalue weighted by atomic mass is 35.5. The van der Waals surface area contributed by atoms with Gasteiger partial charge in [0.25, 0.3) is 5.91 Å². The SMILES string of the molecule is CCCCCCCCCCC(Oc1ccccc1NC(=O)NC)C(=O)NC(C)(C)C(C)(C)c1nnc2c(Cl)c(C(C)(C)C)[nH]n12. The van der Waals surface area contributed by atoms with Crippen LogP contribution in [0, 0.1) is 0 Å². The summed E-state index contributed by atoms with van der Waals surface area (Å²) < 4.78 is 8.20. The first kappa shape index (κ1) is 36.2. The smallest absolute Gasteiger partial charge is 0.319 e. The fourth-order valence-electron chi connectivity index (χ4n) is 5.25. The van der Waals surface area contributed by atoms with Crippen molar-refractivity contribution in [2.24, 2.45) is 0 Å². The molecule has 0 bridgehead atoms. The lowest BCUT2D eigenvalue weighted by Crippen LogP contribution is -2.59. The van der Waals surface area contributed by atoms with Gasteiger partial charge in [-0.2, -0.15) is 0 Å². The van der Waals surface area contributed by atoms with Crippen LogP contribution in [0.3, 0.4) is 0 Å². The van der Waals surface area contributed by atoms with E-state index in [1.165, 1.54) is 32.1 Å². The predicted molar refractivity (Wildman–Crippen MR) is 182 cm³/mol. The molecule has 3 rings (SSSR count). The number of anilines is 1. The van der Waals surface area contributed by atoms with Gasteiger partial charge in [-0.15, -0.1) is 10.2 Å². The zero-order valence-electron chi connectivity index (χ0n) is 28.7. The summed E-state index contributed by atoms with van der Waals surface area (Å²) in [5.74, 6) is 0.861. The van der Waals surface area contributed by atoms with Crippen LogP contribution in [0.2, 0.25) is 5.02 Å². The third-order valence-electron chi connectivity index (χ3n) is 8.85. The number of aromatic amines is 1. The lowest BCUT2D eigenvalue weighted by atomic mass is 9.73. The number of carbonyl (C=O) groups excluding carboxylic acids is 2. The molecule has 0 radical (unpaired) electrons. The summed E-state index contributed by atoms with van der Waals surface area (Å²) in [4.78, 5) is 26.1. The van der Waals surface area contributed by atoms with Crippen molar-refractivity contribution in [1.82, 2.24) is 30.4 Å². The van der Waals surface area contributed by atoms with Gasteiger partial charge in [0.15, 0.2) is 17.6 Å². The standard InChI is InChI=1S/C34H54ClN7O3/c1-10-11-12-13-14-15-16-17-22-25(45-24-21-19-18-20-23(24)37-31(44)36-9)29(43)38-34(7,8)33(5,6)30-40-39-28-26(35)27(32(2,3)4)41-42(28)30/h18-21,25,41H,10-17,22H2,1-9H3,(H,38,43)(H2,36,37,44). The molecule has 0 saturated carbocycles. The maximum Gasteiger partial charge on any atom is 0.319 e. The number of carbonyl (C=O) groups is 2. The molecule has 10 nitrogen and oxygen atoms in total. The second kappa shape index (κ2) is 15.3. The minimum atomic E-state index is -0.771. The van der Waals surface area contributed by atoms with Crippen LogP contribution >= 0.6 is 11.6 Å². The Morgan fingerprint density at radius 1 is 0.956 bits per heavy atom. The Labute approximate surface area is 273 Å². The molecule has 2 heterocycles. The number of amides is 3. The van der Waals surface area contributed by atoms with Crippen LogP contribution in [0.25, 0.3) is 5.65 Å². The lowest BCUT2D eigenvalue weighted by Gasteiger charge is -2.41. The number of nitrogens with one attached hydrogen (secondary N) is 4. The van der Waals surface area contributed by atoms with Crippen LogP contribution in [-0.2, 0) is 15.6 Å². The molecule has 0 spiro atoms. The molecule has 1 unspecified atom stereocenters. The molecule has 0 fully saturated rings. The van der Waals surface area contributed by atoms with E-state index < -0.39 is 17.1 Å². The second-order valence-electron chi connectivity index (χ2n) is 14.0. The minimum absolute atomic E-state index is 0.216. The number of aromatic nitrogens is 4. The van der Waals surface area contributed by atoms with Gasteiger partial charge in [-0.25, -0.2) is 9.31 Å². The third-order valence-corrected chi connectivity index (χ3v) is 9.21. The van der Waals surface area contributed by atoms with Crippen molar-refractivity contribution in [1.29, 1.82) is 0 Å². The van der Waals surface area contributed by atoms with E-state index in [-0.39, 0.29) is 17.4 Å². The number of halogens is 1. The molecule has 45 heavy (non-hydrogen) atoms. The summed E-state index contributed by atoms with van der Waals surface area (Å²) in [6, 6.07) is 6.80. The Balaban J connectivity index is 1.83. The monoisotopic (exact) mass is 643 g/mol. The van der Waals surface area contributed by atoms with Gasteiger partial charge in [0.1, 0.15) is 10.8 Å². The average molecular weight is 644 g/mol. The number of fused-ring (bicyclic) bond motifs is 1. The zero-order valence-corrected chi connectivity index (χ0v) is 29.5. The molecular formula is C34H54ClN7O3. The summed E-state index contributed by atoms with van der Waals surface area (Å²) in [5.41, 5.74) is 0.264. The fraction of sp³-hybridized carbons (Fsp3) is 0.647. The van der Waals surface area contributed by atoms with Crippen molar-refractivity contribution in [2.75, 3.05) is 12.4 Å². The maximum absolute atomic E-state index is 14.1. The highest BCUT2D eigenvalue weighted by Crippen LogP contribution is 2.37.